The first-order valence-electron chi connectivity index (χ1n) is 5.65. The van der Waals surface area contributed by atoms with E-state index in [9.17, 15) is 14.9 Å². The molecule has 8 heteroatoms. The highest BCUT2D eigenvalue weighted by atomic mass is 79.9. The predicted molar refractivity (Wildman–Crippen MR) is 70.7 cm³/mol. The van der Waals surface area contributed by atoms with Crippen molar-refractivity contribution >= 4 is 27.5 Å². The average molecular weight is 330 g/mol. The molecule has 0 bridgehead atoms. The number of nitro benzene ring substituents is 1. The lowest BCUT2D eigenvalue weighted by Gasteiger charge is -2.27. The third kappa shape index (κ3) is 3.49. The molecule has 0 aliphatic carbocycles. The molecule has 1 heterocycles. The van der Waals surface area contributed by atoms with Crippen LogP contribution in [0, 0.1) is 10.1 Å². The maximum atomic E-state index is 12.1. The summed E-state index contributed by atoms with van der Waals surface area (Å²) in [6.07, 6.45) is 0. The van der Waals surface area contributed by atoms with E-state index in [0.29, 0.717) is 30.8 Å². The van der Waals surface area contributed by atoms with Gasteiger partial charge in [-0.1, -0.05) is 0 Å². The molecule has 1 aliphatic rings. The lowest BCUT2D eigenvalue weighted by atomic mass is 10.2. The zero-order chi connectivity index (χ0) is 13.8. The van der Waals surface area contributed by atoms with Gasteiger partial charge in [0.15, 0.2) is 0 Å². The summed E-state index contributed by atoms with van der Waals surface area (Å²) in [5.74, 6) is -0.377. The van der Waals surface area contributed by atoms with Crippen molar-refractivity contribution in [2.45, 2.75) is 0 Å². The zero-order valence-electron chi connectivity index (χ0n) is 9.97. The van der Waals surface area contributed by atoms with E-state index in [4.69, 9.17) is 4.74 Å². The molecule has 0 radical (unpaired) electrons. The van der Waals surface area contributed by atoms with Crippen molar-refractivity contribution in [3.05, 3.63) is 38.3 Å². The monoisotopic (exact) mass is 329 g/mol. The van der Waals surface area contributed by atoms with Gasteiger partial charge in [-0.2, -0.15) is 0 Å². The predicted octanol–water partition coefficient (Wildman–Crippen LogP) is 1.33. The lowest BCUT2D eigenvalue weighted by molar-refractivity contribution is -0.384. The Labute approximate surface area is 117 Å². The van der Waals surface area contributed by atoms with E-state index < -0.39 is 4.92 Å². The van der Waals surface area contributed by atoms with Crippen molar-refractivity contribution in [2.75, 3.05) is 26.3 Å². The Balaban J connectivity index is 2.13. The van der Waals surface area contributed by atoms with Gasteiger partial charge in [0.25, 0.3) is 11.6 Å². The normalized spacial score (nSPS) is 16.1. The van der Waals surface area contributed by atoms with Crippen molar-refractivity contribution in [1.29, 1.82) is 0 Å². The van der Waals surface area contributed by atoms with Gasteiger partial charge in [0.05, 0.1) is 23.7 Å². The van der Waals surface area contributed by atoms with Crippen LogP contribution in [0.25, 0.3) is 0 Å². The lowest BCUT2D eigenvalue weighted by Crippen LogP contribution is -2.48. The Kier molecular flexibility index (Phi) is 4.46. The first-order valence-corrected chi connectivity index (χ1v) is 6.45. The minimum absolute atomic E-state index is 0.115. The molecule has 0 saturated carbocycles. The zero-order valence-corrected chi connectivity index (χ0v) is 11.6. The highest BCUT2D eigenvalue weighted by molar-refractivity contribution is 9.10. The number of hydrazine groups is 1. The Morgan fingerprint density at radius 3 is 2.74 bits per heavy atom. The number of halogens is 1. The summed E-state index contributed by atoms with van der Waals surface area (Å²) >= 11 is 3.22. The number of carbonyl (C=O) groups excluding carboxylic acids is 1. The van der Waals surface area contributed by atoms with E-state index in [0.717, 1.165) is 0 Å². The van der Waals surface area contributed by atoms with E-state index in [1.165, 1.54) is 18.2 Å². The van der Waals surface area contributed by atoms with E-state index in [2.05, 4.69) is 21.4 Å². The Morgan fingerprint density at radius 2 is 2.11 bits per heavy atom. The second kappa shape index (κ2) is 6.09. The van der Waals surface area contributed by atoms with Gasteiger partial charge in [0.1, 0.15) is 0 Å². The van der Waals surface area contributed by atoms with Crippen molar-refractivity contribution < 1.29 is 14.5 Å². The molecule has 2 rings (SSSR count). The number of benzene rings is 1. The topological polar surface area (TPSA) is 84.7 Å². The standard InChI is InChI=1S/C11H12BrN3O4/c12-10-2-1-8(15(17)18)7-9(10)11(16)13-14-3-5-19-6-4-14/h1-2,7H,3-6H2,(H,13,16). The number of nitrogens with one attached hydrogen (secondary N) is 1. The maximum absolute atomic E-state index is 12.1. The number of ether oxygens (including phenoxy) is 1. The summed E-state index contributed by atoms with van der Waals surface area (Å²) in [7, 11) is 0. The molecule has 7 nitrogen and oxygen atoms in total. The van der Waals surface area contributed by atoms with E-state index in [-0.39, 0.29) is 17.2 Å². The van der Waals surface area contributed by atoms with Gasteiger partial charge in [-0.15, -0.1) is 0 Å². The summed E-state index contributed by atoms with van der Waals surface area (Å²) in [6, 6.07) is 4.09. The van der Waals surface area contributed by atoms with Gasteiger partial charge in [-0.3, -0.25) is 20.3 Å². The van der Waals surface area contributed by atoms with Crippen LogP contribution >= 0.6 is 15.9 Å². The summed E-state index contributed by atoms with van der Waals surface area (Å²) in [5, 5.41) is 12.4. The molecule has 0 unspecified atom stereocenters. The summed E-state index contributed by atoms with van der Waals surface area (Å²) in [5.41, 5.74) is 2.83. The number of nitrogens with zero attached hydrogens (tertiary/aromatic N) is 2. The minimum atomic E-state index is -0.530. The first kappa shape index (κ1) is 13.9. The van der Waals surface area contributed by atoms with E-state index >= 15 is 0 Å². The SMILES string of the molecule is O=C(NN1CCOCC1)c1cc([N+](=O)[O-])ccc1Br. The van der Waals surface area contributed by atoms with Crippen LogP contribution in [0.4, 0.5) is 5.69 Å². The van der Waals surface area contributed by atoms with Gasteiger partial charge in [0.2, 0.25) is 0 Å². The molecule has 102 valence electrons. The van der Waals surface area contributed by atoms with Crippen LogP contribution in [0.2, 0.25) is 0 Å². The molecule has 1 saturated heterocycles. The van der Waals surface area contributed by atoms with Gasteiger partial charge in [0, 0.05) is 29.7 Å². The third-order valence-electron chi connectivity index (χ3n) is 2.68. The summed E-state index contributed by atoms with van der Waals surface area (Å²) < 4.78 is 5.69. The molecule has 1 fully saturated rings. The van der Waals surface area contributed by atoms with Crippen LogP contribution in [-0.4, -0.2) is 42.1 Å². The smallest absolute Gasteiger partial charge is 0.270 e. The molecule has 0 atom stereocenters. The molecule has 0 spiro atoms. The van der Waals surface area contributed by atoms with Gasteiger partial charge in [-0.25, -0.2) is 5.01 Å². The summed E-state index contributed by atoms with van der Waals surface area (Å²) in [6.45, 7) is 2.29. The Bertz CT molecular complexity index is 503. The fourth-order valence-corrected chi connectivity index (χ4v) is 2.11. The van der Waals surface area contributed by atoms with Crippen molar-refractivity contribution in [2.24, 2.45) is 0 Å². The highest BCUT2D eigenvalue weighted by Gasteiger charge is 2.18. The Morgan fingerprint density at radius 1 is 1.42 bits per heavy atom. The Hall–Kier alpha value is -1.51. The molecule has 1 N–H and O–H groups in total. The van der Waals surface area contributed by atoms with Crippen molar-refractivity contribution in [1.82, 2.24) is 10.4 Å². The number of amides is 1. The van der Waals surface area contributed by atoms with Crippen LogP contribution in [0.1, 0.15) is 10.4 Å². The van der Waals surface area contributed by atoms with Crippen LogP contribution in [-0.2, 0) is 4.74 Å². The second-order valence-electron chi connectivity index (χ2n) is 3.96. The van der Waals surface area contributed by atoms with Crippen LogP contribution < -0.4 is 5.43 Å². The molecule has 19 heavy (non-hydrogen) atoms. The van der Waals surface area contributed by atoms with Crippen LogP contribution in [0.3, 0.4) is 0 Å². The van der Waals surface area contributed by atoms with Crippen molar-refractivity contribution in [3.63, 3.8) is 0 Å². The van der Waals surface area contributed by atoms with E-state index in [1.807, 2.05) is 0 Å². The fourth-order valence-electron chi connectivity index (χ4n) is 1.68. The molecule has 1 amide bonds. The molecule has 1 aliphatic heterocycles. The third-order valence-corrected chi connectivity index (χ3v) is 3.37. The highest BCUT2D eigenvalue weighted by Crippen LogP contribution is 2.22. The number of non-ortho nitro benzene ring substituents is 1. The van der Waals surface area contributed by atoms with Crippen LogP contribution in [0.15, 0.2) is 22.7 Å². The number of nitro groups is 1. The van der Waals surface area contributed by atoms with Gasteiger partial charge >= 0.3 is 0 Å². The average Bonchev–Trinajstić information content (AvgIpc) is 2.40. The van der Waals surface area contributed by atoms with E-state index in [1.54, 1.807) is 5.01 Å². The number of rotatable bonds is 3. The molecule has 1 aromatic rings. The van der Waals surface area contributed by atoms with Gasteiger partial charge < -0.3 is 4.74 Å². The number of hydrogen-bond donors (Lipinski definition) is 1. The second-order valence-corrected chi connectivity index (χ2v) is 4.82. The van der Waals surface area contributed by atoms with Crippen LogP contribution in [0.5, 0.6) is 0 Å². The molecule has 0 aromatic heterocycles. The molecular weight excluding hydrogens is 318 g/mol. The van der Waals surface area contributed by atoms with Gasteiger partial charge in [-0.05, 0) is 22.0 Å². The summed E-state index contributed by atoms with van der Waals surface area (Å²) in [4.78, 5) is 22.2. The minimum Gasteiger partial charge on any atom is -0.379 e. The number of hydrogen-bond acceptors (Lipinski definition) is 5. The quantitative estimate of drug-likeness (QED) is 0.668. The maximum Gasteiger partial charge on any atom is 0.270 e. The molecule has 1 aromatic carbocycles. The van der Waals surface area contributed by atoms with Crippen molar-refractivity contribution in [3.8, 4) is 0 Å². The number of morpholine rings is 1. The first-order chi connectivity index (χ1) is 9.08. The fraction of sp³-hybridized carbons (Fsp3) is 0.364. The number of carbonyl (C=O) groups is 1. The largest absolute Gasteiger partial charge is 0.379 e. The molecular formula is C11H12BrN3O4.